The van der Waals surface area contributed by atoms with Crippen molar-refractivity contribution in [2.75, 3.05) is 13.1 Å². The molecule has 0 saturated heterocycles. The van der Waals surface area contributed by atoms with Gasteiger partial charge in [-0.2, -0.15) is 5.10 Å². The van der Waals surface area contributed by atoms with Gasteiger partial charge < -0.3 is 10.2 Å². The average molecular weight is 292 g/mol. The van der Waals surface area contributed by atoms with Gasteiger partial charge in [0.05, 0.1) is 6.21 Å². The van der Waals surface area contributed by atoms with Gasteiger partial charge in [0.1, 0.15) is 13.1 Å². The van der Waals surface area contributed by atoms with E-state index in [4.69, 9.17) is 10.2 Å². The molecule has 6 nitrogen and oxygen atoms in total. The molecule has 2 N–H and O–H groups in total. The Balaban J connectivity index is 2.80. The smallest absolute Gasteiger partial charge is 0.324 e. The maximum absolute atomic E-state index is 10.6. The quantitative estimate of drug-likeness (QED) is 0.616. The number of benzene rings is 1. The minimum absolute atomic E-state index is 0.0499. The molecule has 1 aromatic carbocycles. The van der Waals surface area contributed by atoms with Crippen molar-refractivity contribution >= 4 is 18.2 Å². The Hall–Kier alpha value is -2.37. The third kappa shape index (κ3) is 6.07. The van der Waals surface area contributed by atoms with E-state index in [9.17, 15) is 9.59 Å². The topological polar surface area (TPSA) is 90.2 Å². The zero-order valence-corrected chi connectivity index (χ0v) is 12.4. The van der Waals surface area contributed by atoms with Crippen LogP contribution in [0.3, 0.4) is 0 Å². The van der Waals surface area contributed by atoms with Crippen LogP contribution in [-0.4, -0.2) is 46.5 Å². The highest BCUT2D eigenvalue weighted by Crippen LogP contribution is 2.21. The second-order valence-corrected chi connectivity index (χ2v) is 5.73. The van der Waals surface area contributed by atoms with E-state index in [1.165, 1.54) is 11.8 Å². The molecule has 21 heavy (non-hydrogen) atoms. The fourth-order valence-electron chi connectivity index (χ4n) is 1.67. The van der Waals surface area contributed by atoms with Crippen molar-refractivity contribution < 1.29 is 19.8 Å². The zero-order chi connectivity index (χ0) is 16.0. The van der Waals surface area contributed by atoms with E-state index in [2.05, 4.69) is 25.9 Å². The second-order valence-electron chi connectivity index (χ2n) is 5.73. The van der Waals surface area contributed by atoms with Gasteiger partial charge in [-0.3, -0.25) is 14.6 Å². The van der Waals surface area contributed by atoms with Gasteiger partial charge >= 0.3 is 11.9 Å². The van der Waals surface area contributed by atoms with Gasteiger partial charge in [-0.15, -0.1) is 0 Å². The first-order valence-electron chi connectivity index (χ1n) is 6.51. The first kappa shape index (κ1) is 16.7. The van der Waals surface area contributed by atoms with Crippen molar-refractivity contribution in [3.63, 3.8) is 0 Å². The predicted octanol–water partition coefficient (Wildman–Crippen LogP) is 1.79. The molecule has 0 aliphatic heterocycles. The third-order valence-electron chi connectivity index (χ3n) is 2.78. The largest absolute Gasteiger partial charge is 0.480 e. The molecule has 0 unspecified atom stereocenters. The van der Waals surface area contributed by atoms with Gasteiger partial charge in [0.25, 0.3) is 0 Å². The summed E-state index contributed by atoms with van der Waals surface area (Å²) in [6, 6.07) is 7.67. The van der Waals surface area contributed by atoms with Gasteiger partial charge in [0, 0.05) is 0 Å². The molecule has 0 bridgehead atoms. The van der Waals surface area contributed by atoms with Crippen LogP contribution in [-0.2, 0) is 15.0 Å². The molecule has 0 amide bonds. The molecular weight excluding hydrogens is 272 g/mol. The first-order chi connectivity index (χ1) is 9.68. The average Bonchev–Trinajstić information content (AvgIpc) is 2.34. The highest BCUT2D eigenvalue weighted by molar-refractivity contribution is 5.80. The van der Waals surface area contributed by atoms with Crippen molar-refractivity contribution in [1.29, 1.82) is 0 Å². The van der Waals surface area contributed by atoms with Gasteiger partial charge in [-0.1, -0.05) is 45.0 Å². The summed E-state index contributed by atoms with van der Waals surface area (Å²) in [5.74, 6) is -2.26. The van der Waals surface area contributed by atoms with Gasteiger partial charge in [-0.05, 0) is 16.5 Å². The standard InChI is InChI=1S/C15H20N2O4/c1-15(2,3)12-6-4-11(5-7-12)8-16-17(9-13(18)19)10-14(20)21/h4-8H,9-10H2,1-3H3,(H,18,19)(H,20,21)/b16-8-. The lowest BCUT2D eigenvalue weighted by atomic mass is 9.87. The molecule has 6 heteroatoms. The summed E-state index contributed by atoms with van der Waals surface area (Å²) in [6.07, 6.45) is 1.46. The van der Waals surface area contributed by atoms with E-state index in [1.807, 2.05) is 24.3 Å². The van der Waals surface area contributed by atoms with Gasteiger partial charge in [0.2, 0.25) is 0 Å². The van der Waals surface area contributed by atoms with E-state index in [-0.39, 0.29) is 5.41 Å². The van der Waals surface area contributed by atoms with Gasteiger partial charge in [0.15, 0.2) is 0 Å². The highest BCUT2D eigenvalue weighted by Gasteiger charge is 2.13. The lowest BCUT2D eigenvalue weighted by Gasteiger charge is -2.18. The van der Waals surface area contributed by atoms with Crippen molar-refractivity contribution in [1.82, 2.24) is 5.01 Å². The van der Waals surface area contributed by atoms with Crippen LogP contribution in [0.4, 0.5) is 0 Å². The summed E-state index contributed by atoms with van der Waals surface area (Å²) >= 11 is 0. The third-order valence-corrected chi connectivity index (χ3v) is 2.78. The van der Waals surface area contributed by atoms with Crippen molar-refractivity contribution in [2.45, 2.75) is 26.2 Å². The Morgan fingerprint density at radius 1 is 1.10 bits per heavy atom. The minimum atomic E-state index is -1.13. The molecule has 114 valence electrons. The van der Waals surface area contributed by atoms with E-state index < -0.39 is 25.0 Å². The van der Waals surface area contributed by atoms with Crippen LogP contribution >= 0.6 is 0 Å². The number of hydrogen-bond donors (Lipinski definition) is 2. The maximum Gasteiger partial charge on any atom is 0.324 e. The number of hydrazone groups is 1. The van der Waals surface area contributed by atoms with Crippen LogP contribution < -0.4 is 0 Å². The Morgan fingerprint density at radius 3 is 1.95 bits per heavy atom. The molecule has 0 heterocycles. The van der Waals surface area contributed by atoms with Crippen LogP contribution in [0.15, 0.2) is 29.4 Å². The summed E-state index contributed by atoms with van der Waals surface area (Å²) in [4.78, 5) is 21.3. The van der Waals surface area contributed by atoms with E-state index in [0.29, 0.717) is 0 Å². The summed E-state index contributed by atoms with van der Waals surface area (Å²) in [5, 5.41) is 22.3. The van der Waals surface area contributed by atoms with Crippen molar-refractivity contribution in [3.05, 3.63) is 35.4 Å². The predicted molar refractivity (Wildman–Crippen MR) is 79.6 cm³/mol. The number of carboxylic acids is 2. The van der Waals surface area contributed by atoms with Crippen LogP contribution in [0.25, 0.3) is 0 Å². The molecule has 0 fully saturated rings. The Kier molecular flexibility index (Phi) is 5.46. The van der Waals surface area contributed by atoms with Crippen LogP contribution in [0.1, 0.15) is 31.9 Å². The van der Waals surface area contributed by atoms with E-state index in [0.717, 1.165) is 10.6 Å². The lowest BCUT2D eigenvalue weighted by molar-refractivity contribution is -0.141. The van der Waals surface area contributed by atoms with E-state index >= 15 is 0 Å². The van der Waals surface area contributed by atoms with Crippen LogP contribution in [0.5, 0.6) is 0 Å². The summed E-state index contributed by atoms with van der Waals surface area (Å²) < 4.78 is 0. The number of aliphatic carboxylic acids is 2. The Labute approximate surface area is 123 Å². The molecule has 0 spiro atoms. The Morgan fingerprint density at radius 2 is 1.57 bits per heavy atom. The minimum Gasteiger partial charge on any atom is -0.480 e. The summed E-state index contributed by atoms with van der Waals surface area (Å²) in [7, 11) is 0. The second kappa shape index (κ2) is 6.88. The molecule has 0 saturated carbocycles. The normalized spacial score (nSPS) is 11.6. The highest BCUT2D eigenvalue weighted by atomic mass is 16.4. The van der Waals surface area contributed by atoms with E-state index in [1.54, 1.807) is 0 Å². The SMILES string of the molecule is CC(C)(C)c1ccc(/C=N\N(CC(=O)O)CC(=O)O)cc1. The number of nitrogens with zero attached hydrogens (tertiary/aromatic N) is 2. The lowest BCUT2D eigenvalue weighted by Crippen LogP contribution is -2.30. The molecule has 1 aromatic rings. The number of rotatable bonds is 6. The fourth-order valence-corrected chi connectivity index (χ4v) is 1.67. The van der Waals surface area contributed by atoms with Crippen molar-refractivity contribution in [2.24, 2.45) is 5.10 Å². The molecule has 0 radical (unpaired) electrons. The molecule has 0 aromatic heterocycles. The fraction of sp³-hybridized carbons (Fsp3) is 0.400. The van der Waals surface area contributed by atoms with Crippen LogP contribution in [0, 0.1) is 0 Å². The summed E-state index contributed by atoms with van der Waals surface area (Å²) in [6.45, 7) is 5.42. The van der Waals surface area contributed by atoms with Crippen LogP contribution in [0.2, 0.25) is 0 Å². The number of carbonyl (C=O) groups is 2. The first-order valence-corrected chi connectivity index (χ1v) is 6.51. The zero-order valence-electron chi connectivity index (χ0n) is 12.4. The Bertz CT molecular complexity index is 514. The number of hydrogen-bond acceptors (Lipinski definition) is 4. The molecule has 0 aliphatic carbocycles. The van der Waals surface area contributed by atoms with Crippen molar-refractivity contribution in [3.8, 4) is 0 Å². The monoisotopic (exact) mass is 292 g/mol. The summed E-state index contributed by atoms with van der Waals surface area (Å²) in [5.41, 5.74) is 2.00. The molecule has 0 atom stereocenters. The van der Waals surface area contributed by atoms with Gasteiger partial charge in [-0.25, -0.2) is 0 Å². The maximum atomic E-state index is 10.6. The molecule has 0 aliphatic rings. The number of carboxylic acid groups (broad SMARTS) is 2. The molecular formula is C15H20N2O4. The molecule has 1 rings (SSSR count).